The highest BCUT2D eigenvalue weighted by molar-refractivity contribution is 7.89. The lowest BCUT2D eigenvalue weighted by molar-refractivity contribution is -0.120. The van der Waals surface area contributed by atoms with Gasteiger partial charge in [-0.3, -0.25) is 9.59 Å². The van der Waals surface area contributed by atoms with Crippen molar-refractivity contribution in [1.82, 2.24) is 9.62 Å². The molecule has 9 heteroatoms. The highest BCUT2D eigenvalue weighted by Gasteiger charge is 2.33. The number of nitrogens with zero attached hydrogens (tertiary/aromatic N) is 1. The van der Waals surface area contributed by atoms with Crippen molar-refractivity contribution in [3.63, 3.8) is 0 Å². The Kier molecular flexibility index (Phi) is 7.63. The summed E-state index contributed by atoms with van der Waals surface area (Å²) < 4.78 is 40.3. The van der Waals surface area contributed by atoms with Crippen LogP contribution in [0.3, 0.4) is 0 Å². The molecule has 2 N–H and O–H groups in total. The van der Waals surface area contributed by atoms with Gasteiger partial charge in [-0.1, -0.05) is 19.1 Å². The van der Waals surface area contributed by atoms with E-state index >= 15 is 0 Å². The molecule has 1 heterocycles. The molecule has 2 aromatic carbocycles. The molecule has 0 radical (unpaired) electrons. The number of sulfonamides is 1. The number of nitrogens with one attached hydrogen (secondary N) is 2. The molecule has 0 aromatic heterocycles. The zero-order chi connectivity index (χ0) is 23.3. The van der Waals surface area contributed by atoms with Gasteiger partial charge >= 0.3 is 0 Å². The average molecular weight is 462 g/mol. The lowest BCUT2D eigenvalue weighted by Gasteiger charge is -2.31. The van der Waals surface area contributed by atoms with Crippen LogP contribution < -0.4 is 10.6 Å². The van der Waals surface area contributed by atoms with Gasteiger partial charge < -0.3 is 10.6 Å². The lowest BCUT2D eigenvalue weighted by atomic mass is 9.98. The van der Waals surface area contributed by atoms with Crippen molar-refractivity contribution in [2.24, 2.45) is 5.92 Å². The molecule has 2 atom stereocenters. The summed E-state index contributed by atoms with van der Waals surface area (Å²) >= 11 is 0. The normalized spacial score (nSPS) is 18.0. The standard InChI is InChI=1S/C23H28FN3O4S/c1-3-16(2)25-23(29)20-8-4-5-9-21(20)26-22(28)17-7-6-14-27(15-17)32(30,31)19-12-10-18(24)11-13-19/h4-5,8-13,16-17H,3,6-7,14-15H2,1-2H3,(H,25,29)(H,26,28)/t16-,17+/m0/s1. The Morgan fingerprint density at radius 1 is 1.16 bits per heavy atom. The van der Waals surface area contributed by atoms with Crippen molar-refractivity contribution in [2.75, 3.05) is 18.4 Å². The van der Waals surface area contributed by atoms with Crippen LogP contribution in [0.4, 0.5) is 10.1 Å². The van der Waals surface area contributed by atoms with Crippen molar-refractivity contribution in [2.45, 2.75) is 44.0 Å². The summed E-state index contributed by atoms with van der Waals surface area (Å²) in [4.78, 5) is 25.5. The molecule has 0 saturated carbocycles. The molecule has 3 rings (SSSR count). The van der Waals surface area contributed by atoms with Crippen molar-refractivity contribution >= 4 is 27.5 Å². The highest BCUT2D eigenvalue weighted by Crippen LogP contribution is 2.25. The molecule has 1 fully saturated rings. The number of piperidine rings is 1. The van der Waals surface area contributed by atoms with E-state index in [1.165, 1.54) is 16.4 Å². The smallest absolute Gasteiger partial charge is 0.253 e. The number of halogens is 1. The number of rotatable bonds is 7. The Bertz CT molecular complexity index is 1070. The molecule has 2 amide bonds. The summed E-state index contributed by atoms with van der Waals surface area (Å²) in [6.45, 7) is 4.18. The molecular weight excluding hydrogens is 433 g/mol. The van der Waals surface area contributed by atoms with Gasteiger partial charge in [-0.2, -0.15) is 4.31 Å². The molecule has 172 valence electrons. The Hall–Kier alpha value is -2.78. The Balaban J connectivity index is 1.73. The zero-order valence-electron chi connectivity index (χ0n) is 18.2. The summed E-state index contributed by atoms with van der Waals surface area (Å²) in [5.41, 5.74) is 0.740. The van der Waals surface area contributed by atoms with Crippen LogP contribution in [0.2, 0.25) is 0 Å². The molecule has 1 saturated heterocycles. The molecule has 1 aliphatic heterocycles. The topological polar surface area (TPSA) is 95.6 Å². The number of anilines is 1. The predicted octanol–water partition coefficient (Wildman–Crippen LogP) is 3.39. The van der Waals surface area contributed by atoms with E-state index < -0.39 is 21.8 Å². The molecule has 0 spiro atoms. The van der Waals surface area contributed by atoms with Crippen LogP contribution in [0.15, 0.2) is 53.4 Å². The first kappa shape index (κ1) is 23.9. The van der Waals surface area contributed by atoms with E-state index in [1.54, 1.807) is 24.3 Å². The fourth-order valence-corrected chi connectivity index (χ4v) is 5.08. The van der Waals surface area contributed by atoms with Crippen LogP contribution >= 0.6 is 0 Å². The van der Waals surface area contributed by atoms with Gasteiger partial charge in [-0.05, 0) is 62.6 Å². The maximum atomic E-state index is 13.2. The van der Waals surface area contributed by atoms with E-state index in [2.05, 4.69) is 10.6 Å². The number of amides is 2. The highest BCUT2D eigenvalue weighted by atomic mass is 32.2. The molecule has 0 bridgehead atoms. The number of hydrogen-bond acceptors (Lipinski definition) is 4. The van der Waals surface area contributed by atoms with Crippen LogP contribution in [-0.2, 0) is 14.8 Å². The number of carbonyl (C=O) groups excluding carboxylic acids is 2. The van der Waals surface area contributed by atoms with Gasteiger partial charge in [0.1, 0.15) is 5.82 Å². The molecule has 2 aromatic rings. The fraction of sp³-hybridized carbons (Fsp3) is 0.391. The number of para-hydroxylation sites is 1. The average Bonchev–Trinajstić information content (AvgIpc) is 2.79. The van der Waals surface area contributed by atoms with Crippen LogP contribution in [-0.4, -0.2) is 43.7 Å². The second-order valence-corrected chi connectivity index (χ2v) is 9.91. The molecular formula is C23H28FN3O4S. The third kappa shape index (κ3) is 5.52. The van der Waals surface area contributed by atoms with Crippen molar-refractivity contribution in [3.05, 3.63) is 59.9 Å². The van der Waals surface area contributed by atoms with Crippen LogP contribution in [0, 0.1) is 11.7 Å². The number of carbonyl (C=O) groups is 2. The minimum Gasteiger partial charge on any atom is -0.350 e. The first-order valence-corrected chi connectivity index (χ1v) is 12.1. The minimum absolute atomic E-state index is 0.00479. The van der Waals surface area contributed by atoms with E-state index in [4.69, 9.17) is 0 Å². The third-order valence-electron chi connectivity index (χ3n) is 5.63. The van der Waals surface area contributed by atoms with E-state index in [1.807, 2.05) is 13.8 Å². The van der Waals surface area contributed by atoms with Crippen LogP contribution in [0.1, 0.15) is 43.5 Å². The third-order valence-corrected chi connectivity index (χ3v) is 7.51. The van der Waals surface area contributed by atoms with Gasteiger partial charge in [0, 0.05) is 19.1 Å². The first-order valence-electron chi connectivity index (χ1n) is 10.7. The summed E-state index contributed by atoms with van der Waals surface area (Å²) in [7, 11) is -3.83. The number of benzene rings is 2. The quantitative estimate of drug-likeness (QED) is 0.661. The Morgan fingerprint density at radius 2 is 1.84 bits per heavy atom. The summed E-state index contributed by atoms with van der Waals surface area (Å²) in [6.07, 6.45) is 1.83. The van der Waals surface area contributed by atoms with Gasteiger partial charge in [0.15, 0.2) is 0 Å². The summed E-state index contributed by atoms with van der Waals surface area (Å²) in [5, 5.41) is 5.68. The molecule has 0 aliphatic carbocycles. The van der Waals surface area contributed by atoms with E-state index in [9.17, 15) is 22.4 Å². The monoisotopic (exact) mass is 461 g/mol. The molecule has 7 nitrogen and oxygen atoms in total. The molecule has 32 heavy (non-hydrogen) atoms. The lowest BCUT2D eigenvalue weighted by Crippen LogP contribution is -2.43. The molecule has 1 aliphatic rings. The minimum atomic E-state index is -3.83. The predicted molar refractivity (Wildman–Crippen MR) is 120 cm³/mol. The first-order chi connectivity index (χ1) is 15.2. The van der Waals surface area contributed by atoms with Gasteiger partial charge in [-0.25, -0.2) is 12.8 Å². The van der Waals surface area contributed by atoms with Crippen molar-refractivity contribution < 1.29 is 22.4 Å². The fourth-order valence-electron chi connectivity index (χ4n) is 3.56. The maximum Gasteiger partial charge on any atom is 0.253 e. The molecule has 0 unspecified atom stereocenters. The van der Waals surface area contributed by atoms with Gasteiger partial charge in [0.05, 0.1) is 22.1 Å². The summed E-state index contributed by atoms with van der Waals surface area (Å²) in [6, 6.07) is 11.4. The SMILES string of the molecule is CC[C@H](C)NC(=O)c1ccccc1NC(=O)[C@@H]1CCCN(S(=O)(=O)c2ccc(F)cc2)C1. The largest absolute Gasteiger partial charge is 0.350 e. The van der Waals surface area contributed by atoms with Gasteiger partial charge in [0.2, 0.25) is 15.9 Å². The van der Waals surface area contributed by atoms with Crippen LogP contribution in [0.25, 0.3) is 0 Å². The second kappa shape index (κ2) is 10.2. The number of hydrogen-bond donors (Lipinski definition) is 2. The second-order valence-electron chi connectivity index (χ2n) is 7.97. The van der Waals surface area contributed by atoms with Gasteiger partial charge in [-0.15, -0.1) is 0 Å². The Morgan fingerprint density at radius 3 is 2.53 bits per heavy atom. The van der Waals surface area contributed by atoms with Crippen LogP contribution in [0.5, 0.6) is 0 Å². The van der Waals surface area contributed by atoms with Crippen molar-refractivity contribution in [1.29, 1.82) is 0 Å². The van der Waals surface area contributed by atoms with E-state index in [0.29, 0.717) is 24.1 Å². The maximum absolute atomic E-state index is 13.2. The van der Waals surface area contributed by atoms with Gasteiger partial charge in [0.25, 0.3) is 5.91 Å². The van der Waals surface area contributed by atoms with E-state index in [-0.39, 0.29) is 35.8 Å². The van der Waals surface area contributed by atoms with Crippen molar-refractivity contribution in [3.8, 4) is 0 Å². The summed E-state index contributed by atoms with van der Waals surface area (Å²) in [5.74, 6) is -1.70. The van der Waals surface area contributed by atoms with E-state index in [0.717, 1.165) is 18.6 Å². The Labute approximate surface area is 188 Å². The zero-order valence-corrected chi connectivity index (χ0v) is 19.0.